The molecule has 5 nitrogen and oxygen atoms in total. The third-order valence-corrected chi connectivity index (χ3v) is 3.12. The summed E-state index contributed by atoms with van der Waals surface area (Å²) < 4.78 is 10.8. The Bertz CT molecular complexity index is 689. The van der Waals surface area contributed by atoms with Crippen molar-refractivity contribution >= 4 is 23.7 Å². The van der Waals surface area contributed by atoms with Gasteiger partial charge in [0, 0.05) is 5.56 Å². The topological polar surface area (TPSA) is 59.9 Å². The van der Waals surface area contributed by atoms with E-state index in [0.717, 1.165) is 5.56 Å². The molecule has 1 amide bonds. The number of benzene rings is 2. The van der Waals surface area contributed by atoms with Crippen LogP contribution in [0.3, 0.4) is 0 Å². The number of ether oxygens (including phenoxy) is 2. The minimum atomic E-state index is -0.380. The van der Waals surface area contributed by atoms with Gasteiger partial charge in [0.25, 0.3) is 5.91 Å². The molecule has 0 unspecified atom stereocenters. The van der Waals surface area contributed by atoms with Crippen LogP contribution < -0.4 is 14.9 Å². The highest BCUT2D eigenvalue weighted by molar-refractivity contribution is 6.32. The summed E-state index contributed by atoms with van der Waals surface area (Å²) in [5, 5.41) is 4.35. The molecule has 0 saturated carbocycles. The number of nitrogens with zero attached hydrogens (tertiary/aromatic N) is 1. The first-order valence-corrected chi connectivity index (χ1v) is 7.49. The largest absolute Gasteiger partial charge is 0.493 e. The molecule has 0 saturated heterocycles. The summed E-state index contributed by atoms with van der Waals surface area (Å²) in [6.45, 7) is 2.29. The normalized spacial score (nSPS) is 10.5. The van der Waals surface area contributed by atoms with Gasteiger partial charge < -0.3 is 9.47 Å². The summed E-state index contributed by atoms with van der Waals surface area (Å²) in [7, 11) is 0. The predicted octanol–water partition coefficient (Wildman–Crippen LogP) is 3.27. The molecular formula is C17H17ClN2O3. The maximum absolute atomic E-state index is 11.7. The van der Waals surface area contributed by atoms with Crippen molar-refractivity contribution < 1.29 is 14.3 Å². The van der Waals surface area contributed by atoms with Gasteiger partial charge in [-0.15, -0.1) is 0 Å². The number of para-hydroxylation sites is 2. The lowest BCUT2D eigenvalue weighted by Gasteiger charge is -2.07. The van der Waals surface area contributed by atoms with Crippen molar-refractivity contribution in [3.05, 3.63) is 59.1 Å². The molecule has 2 aromatic rings. The third-order valence-electron chi connectivity index (χ3n) is 2.81. The molecule has 0 radical (unpaired) electrons. The summed E-state index contributed by atoms with van der Waals surface area (Å²) >= 11 is 5.94. The number of hydrogen-bond donors (Lipinski definition) is 1. The zero-order chi connectivity index (χ0) is 16.5. The molecule has 0 spiro atoms. The predicted molar refractivity (Wildman–Crippen MR) is 90.3 cm³/mol. The standard InChI is InChI=1S/C17H17ClN2O3/c1-2-22-15-9-5-3-7-13(15)11-19-20-17(21)12-23-16-10-6-4-8-14(16)18/h3-11H,2,12H2,1H3,(H,20,21)/b19-11+. The van der Waals surface area contributed by atoms with Crippen LogP contribution in [-0.2, 0) is 4.79 Å². The first-order valence-electron chi connectivity index (χ1n) is 7.11. The zero-order valence-corrected chi connectivity index (χ0v) is 13.4. The Balaban J connectivity index is 1.86. The minimum absolute atomic E-state index is 0.172. The fourth-order valence-electron chi connectivity index (χ4n) is 1.79. The maximum Gasteiger partial charge on any atom is 0.277 e. The molecule has 2 rings (SSSR count). The molecular weight excluding hydrogens is 316 g/mol. The van der Waals surface area contributed by atoms with Gasteiger partial charge in [-0.25, -0.2) is 5.43 Å². The molecule has 0 heterocycles. The fourth-order valence-corrected chi connectivity index (χ4v) is 1.98. The van der Waals surface area contributed by atoms with Crippen LogP contribution in [-0.4, -0.2) is 25.3 Å². The van der Waals surface area contributed by atoms with E-state index in [1.807, 2.05) is 31.2 Å². The number of carbonyl (C=O) groups excluding carboxylic acids is 1. The Morgan fingerprint density at radius 3 is 2.57 bits per heavy atom. The van der Waals surface area contributed by atoms with E-state index in [0.29, 0.717) is 23.1 Å². The molecule has 0 aliphatic carbocycles. The van der Waals surface area contributed by atoms with Crippen molar-refractivity contribution in [2.24, 2.45) is 5.10 Å². The van der Waals surface area contributed by atoms with Crippen molar-refractivity contribution in [1.82, 2.24) is 5.43 Å². The van der Waals surface area contributed by atoms with Gasteiger partial charge >= 0.3 is 0 Å². The van der Waals surface area contributed by atoms with E-state index in [4.69, 9.17) is 21.1 Å². The Morgan fingerprint density at radius 2 is 1.83 bits per heavy atom. The zero-order valence-electron chi connectivity index (χ0n) is 12.7. The number of carbonyl (C=O) groups is 1. The molecule has 6 heteroatoms. The van der Waals surface area contributed by atoms with Gasteiger partial charge in [-0.2, -0.15) is 5.10 Å². The Labute approximate surface area is 139 Å². The first-order chi connectivity index (χ1) is 11.2. The molecule has 2 aromatic carbocycles. The van der Waals surface area contributed by atoms with E-state index in [1.165, 1.54) is 6.21 Å². The summed E-state index contributed by atoms with van der Waals surface area (Å²) in [5.41, 5.74) is 3.18. The van der Waals surface area contributed by atoms with Crippen LogP contribution in [0.25, 0.3) is 0 Å². The summed E-state index contributed by atoms with van der Waals surface area (Å²) in [5.74, 6) is 0.783. The van der Waals surface area contributed by atoms with Crippen LogP contribution in [0.2, 0.25) is 5.02 Å². The van der Waals surface area contributed by atoms with E-state index in [-0.39, 0.29) is 12.5 Å². The summed E-state index contributed by atoms with van der Waals surface area (Å²) in [6, 6.07) is 14.4. The summed E-state index contributed by atoms with van der Waals surface area (Å²) in [4.78, 5) is 11.7. The van der Waals surface area contributed by atoms with Gasteiger partial charge in [0.15, 0.2) is 6.61 Å². The second kappa shape index (κ2) is 8.80. The fraction of sp³-hybridized carbons (Fsp3) is 0.176. The molecule has 0 atom stereocenters. The van der Waals surface area contributed by atoms with Crippen molar-refractivity contribution in [3.63, 3.8) is 0 Å². The highest BCUT2D eigenvalue weighted by Crippen LogP contribution is 2.22. The molecule has 0 fully saturated rings. The van der Waals surface area contributed by atoms with Crippen molar-refractivity contribution in [1.29, 1.82) is 0 Å². The highest BCUT2D eigenvalue weighted by atomic mass is 35.5. The molecule has 0 bridgehead atoms. The second-order valence-corrected chi connectivity index (χ2v) is 4.89. The van der Waals surface area contributed by atoms with Crippen LogP contribution in [0.5, 0.6) is 11.5 Å². The molecule has 0 aliphatic heterocycles. The van der Waals surface area contributed by atoms with Gasteiger partial charge in [-0.3, -0.25) is 4.79 Å². The number of hydrazone groups is 1. The monoisotopic (exact) mass is 332 g/mol. The summed E-state index contributed by atoms with van der Waals surface area (Å²) in [6.07, 6.45) is 1.53. The Hall–Kier alpha value is -2.53. The lowest BCUT2D eigenvalue weighted by atomic mass is 10.2. The molecule has 0 aliphatic rings. The minimum Gasteiger partial charge on any atom is -0.493 e. The average molecular weight is 333 g/mol. The van der Waals surface area contributed by atoms with Gasteiger partial charge in [0.2, 0.25) is 0 Å². The molecule has 1 N–H and O–H groups in total. The molecule has 120 valence electrons. The van der Waals surface area contributed by atoms with Crippen LogP contribution >= 0.6 is 11.6 Å². The smallest absolute Gasteiger partial charge is 0.277 e. The Kier molecular flexibility index (Phi) is 6.44. The van der Waals surface area contributed by atoms with E-state index >= 15 is 0 Å². The van der Waals surface area contributed by atoms with E-state index in [2.05, 4.69) is 10.5 Å². The van der Waals surface area contributed by atoms with Crippen molar-refractivity contribution in [2.75, 3.05) is 13.2 Å². The molecule has 0 aromatic heterocycles. The SMILES string of the molecule is CCOc1ccccc1/C=N/NC(=O)COc1ccccc1Cl. The van der Waals surface area contributed by atoms with Crippen LogP contribution in [0, 0.1) is 0 Å². The van der Waals surface area contributed by atoms with Gasteiger partial charge in [-0.05, 0) is 31.2 Å². The van der Waals surface area contributed by atoms with E-state index in [9.17, 15) is 4.79 Å². The van der Waals surface area contributed by atoms with Crippen molar-refractivity contribution in [3.8, 4) is 11.5 Å². The maximum atomic E-state index is 11.7. The quantitative estimate of drug-likeness (QED) is 0.625. The highest BCUT2D eigenvalue weighted by Gasteiger charge is 2.04. The Morgan fingerprint density at radius 1 is 1.13 bits per heavy atom. The van der Waals surface area contributed by atoms with E-state index < -0.39 is 0 Å². The average Bonchev–Trinajstić information content (AvgIpc) is 2.56. The van der Waals surface area contributed by atoms with Crippen LogP contribution in [0.1, 0.15) is 12.5 Å². The number of hydrogen-bond acceptors (Lipinski definition) is 4. The third kappa shape index (κ3) is 5.30. The lowest BCUT2D eigenvalue weighted by Crippen LogP contribution is -2.24. The lowest BCUT2D eigenvalue weighted by molar-refractivity contribution is -0.123. The number of halogens is 1. The first kappa shape index (κ1) is 16.8. The van der Waals surface area contributed by atoms with Crippen LogP contribution in [0.4, 0.5) is 0 Å². The van der Waals surface area contributed by atoms with E-state index in [1.54, 1.807) is 24.3 Å². The molecule has 23 heavy (non-hydrogen) atoms. The van der Waals surface area contributed by atoms with Crippen molar-refractivity contribution in [2.45, 2.75) is 6.92 Å². The second-order valence-electron chi connectivity index (χ2n) is 4.48. The number of rotatable bonds is 7. The van der Waals surface area contributed by atoms with Gasteiger partial charge in [-0.1, -0.05) is 35.9 Å². The van der Waals surface area contributed by atoms with Gasteiger partial charge in [0.05, 0.1) is 17.8 Å². The number of nitrogens with one attached hydrogen (secondary N) is 1. The number of amides is 1. The van der Waals surface area contributed by atoms with Crippen LogP contribution in [0.15, 0.2) is 53.6 Å². The van der Waals surface area contributed by atoms with Gasteiger partial charge in [0.1, 0.15) is 11.5 Å².